The number of hydrogen-bond acceptors (Lipinski definition) is 5. The second-order valence-electron chi connectivity index (χ2n) is 7.26. The highest BCUT2D eigenvalue weighted by Gasteiger charge is 2.27. The Balaban J connectivity index is 1.38. The molecule has 4 rings (SSSR count). The summed E-state index contributed by atoms with van der Waals surface area (Å²) in [4.78, 5) is 19.4. The first kappa shape index (κ1) is 18.4. The Morgan fingerprint density at radius 3 is 2.79 bits per heavy atom. The molecule has 0 radical (unpaired) electrons. The molecule has 1 aliphatic rings. The zero-order valence-electron chi connectivity index (χ0n) is 16.0. The van der Waals surface area contributed by atoms with Crippen molar-refractivity contribution in [1.29, 1.82) is 0 Å². The maximum Gasteiger partial charge on any atom is 0.241 e. The van der Waals surface area contributed by atoms with Crippen molar-refractivity contribution in [2.75, 3.05) is 18.4 Å². The molecule has 2 heterocycles. The second-order valence-corrected chi connectivity index (χ2v) is 7.26. The molecule has 28 heavy (non-hydrogen) atoms. The molecule has 0 aliphatic carbocycles. The topological polar surface area (TPSA) is 71.3 Å². The van der Waals surface area contributed by atoms with Gasteiger partial charge in [0.15, 0.2) is 0 Å². The summed E-state index contributed by atoms with van der Waals surface area (Å²) in [5.74, 6) is 1.24. The molecule has 0 saturated carbocycles. The van der Waals surface area contributed by atoms with Gasteiger partial charge in [-0.15, -0.1) is 0 Å². The number of carbonyl (C=O) groups excluding carboxylic acids is 1. The van der Waals surface area contributed by atoms with Crippen LogP contribution in [0.25, 0.3) is 11.4 Å². The summed E-state index contributed by atoms with van der Waals surface area (Å²) >= 11 is 0. The SMILES string of the molecule is Cc1ccccc1-c1noc(CN2CCCC(C(=O)Nc3ccccc3)C2)n1. The molecule has 6 nitrogen and oxygen atoms in total. The van der Waals surface area contributed by atoms with Crippen molar-refractivity contribution in [2.24, 2.45) is 5.92 Å². The van der Waals surface area contributed by atoms with Crippen molar-refractivity contribution in [1.82, 2.24) is 15.0 Å². The molecular formula is C22H24N4O2. The molecule has 1 unspecified atom stereocenters. The first-order valence-corrected chi connectivity index (χ1v) is 9.66. The molecule has 1 atom stereocenters. The standard InChI is InChI=1S/C22H24N4O2/c1-16-8-5-6-12-19(16)21-24-20(28-25-21)15-26-13-7-9-17(14-26)22(27)23-18-10-3-2-4-11-18/h2-6,8,10-12,17H,7,9,13-15H2,1H3,(H,23,27). The quantitative estimate of drug-likeness (QED) is 0.731. The normalized spacial score (nSPS) is 17.4. The van der Waals surface area contributed by atoms with Gasteiger partial charge in [0.25, 0.3) is 0 Å². The Kier molecular flexibility index (Phi) is 5.48. The number of benzene rings is 2. The van der Waals surface area contributed by atoms with Gasteiger partial charge in [0.05, 0.1) is 12.5 Å². The molecular weight excluding hydrogens is 352 g/mol. The number of para-hydroxylation sites is 1. The van der Waals surface area contributed by atoms with Gasteiger partial charge >= 0.3 is 0 Å². The summed E-state index contributed by atoms with van der Waals surface area (Å²) in [6.45, 7) is 4.22. The van der Waals surface area contributed by atoms with Crippen molar-refractivity contribution >= 4 is 11.6 Å². The van der Waals surface area contributed by atoms with E-state index in [0.29, 0.717) is 24.8 Å². The largest absolute Gasteiger partial charge is 0.338 e. The van der Waals surface area contributed by atoms with Gasteiger partial charge in [0, 0.05) is 17.8 Å². The Morgan fingerprint density at radius 1 is 1.18 bits per heavy atom. The first-order valence-electron chi connectivity index (χ1n) is 9.66. The second kappa shape index (κ2) is 8.35. The van der Waals surface area contributed by atoms with Crippen LogP contribution in [0.5, 0.6) is 0 Å². The van der Waals surface area contributed by atoms with E-state index < -0.39 is 0 Å². The maximum absolute atomic E-state index is 12.6. The fourth-order valence-corrected chi connectivity index (χ4v) is 3.62. The maximum atomic E-state index is 12.6. The monoisotopic (exact) mass is 376 g/mol. The molecule has 1 saturated heterocycles. The van der Waals surface area contributed by atoms with E-state index >= 15 is 0 Å². The van der Waals surface area contributed by atoms with Crippen LogP contribution in [0.3, 0.4) is 0 Å². The predicted octanol–water partition coefficient (Wildman–Crippen LogP) is 3.90. The predicted molar refractivity (Wildman–Crippen MR) is 108 cm³/mol. The fraction of sp³-hybridized carbons (Fsp3) is 0.318. The first-order chi connectivity index (χ1) is 13.7. The number of piperidine rings is 1. The number of carbonyl (C=O) groups is 1. The molecule has 1 aliphatic heterocycles. The number of hydrogen-bond donors (Lipinski definition) is 1. The molecule has 6 heteroatoms. The zero-order chi connectivity index (χ0) is 19.3. The van der Waals surface area contributed by atoms with E-state index in [1.165, 1.54) is 0 Å². The summed E-state index contributed by atoms with van der Waals surface area (Å²) < 4.78 is 5.46. The minimum atomic E-state index is -0.0345. The number of anilines is 1. The molecule has 0 spiro atoms. The Bertz CT molecular complexity index is 938. The fourth-order valence-electron chi connectivity index (χ4n) is 3.62. The van der Waals surface area contributed by atoms with Gasteiger partial charge in [-0.1, -0.05) is 47.6 Å². The lowest BCUT2D eigenvalue weighted by Crippen LogP contribution is -2.40. The van der Waals surface area contributed by atoms with Crippen molar-refractivity contribution < 1.29 is 9.32 Å². The minimum Gasteiger partial charge on any atom is -0.338 e. The van der Waals surface area contributed by atoms with Crippen LogP contribution in [0.2, 0.25) is 0 Å². The molecule has 2 aromatic carbocycles. The third kappa shape index (κ3) is 4.28. The molecule has 1 fully saturated rings. The Hall–Kier alpha value is -2.99. The highest BCUT2D eigenvalue weighted by Crippen LogP contribution is 2.23. The lowest BCUT2D eigenvalue weighted by molar-refractivity contribution is -0.121. The van der Waals surface area contributed by atoms with Crippen LogP contribution in [-0.2, 0) is 11.3 Å². The van der Waals surface area contributed by atoms with Gasteiger partial charge in [-0.2, -0.15) is 4.98 Å². The van der Waals surface area contributed by atoms with Gasteiger partial charge in [-0.25, -0.2) is 0 Å². The van der Waals surface area contributed by atoms with E-state index in [2.05, 4.69) is 20.4 Å². The number of likely N-dealkylation sites (tertiary alicyclic amines) is 1. The van der Waals surface area contributed by atoms with Crippen molar-refractivity contribution in [3.63, 3.8) is 0 Å². The number of nitrogens with zero attached hydrogens (tertiary/aromatic N) is 3. The summed E-state index contributed by atoms with van der Waals surface area (Å²) in [7, 11) is 0. The summed E-state index contributed by atoms with van der Waals surface area (Å²) in [6, 6.07) is 17.6. The van der Waals surface area contributed by atoms with E-state index in [-0.39, 0.29) is 11.8 Å². The smallest absolute Gasteiger partial charge is 0.241 e. The average molecular weight is 376 g/mol. The minimum absolute atomic E-state index is 0.0345. The van der Waals surface area contributed by atoms with E-state index in [1.807, 2.05) is 61.5 Å². The van der Waals surface area contributed by atoms with Gasteiger partial charge < -0.3 is 9.84 Å². The van der Waals surface area contributed by atoms with E-state index in [9.17, 15) is 4.79 Å². The van der Waals surface area contributed by atoms with Crippen LogP contribution in [-0.4, -0.2) is 34.0 Å². The zero-order valence-corrected chi connectivity index (χ0v) is 16.0. The third-order valence-electron chi connectivity index (χ3n) is 5.13. The number of nitrogens with one attached hydrogen (secondary N) is 1. The van der Waals surface area contributed by atoms with Crippen LogP contribution < -0.4 is 5.32 Å². The summed E-state index contributed by atoms with van der Waals surface area (Å²) in [5.41, 5.74) is 2.94. The molecule has 1 amide bonds. The van der Waals surface area contributed by atoms with Crippen molar-refractivity contribution in [3.05, 3.63) is 66.1 Å². The van der Waals surface area contributed by atoms with E-state index in [4.69, 9.17) is 4.52 Å². The highest BCUT2D eigenvalue weighted by atomic mass is 16.5. The lowest BCUT2D eigenvalue weighted by Gasteiger charge is -2.30. The van der Waals surface area contributed by atoms with E-state index in [0.717, 1.165) is 36.2 Å². The van der Waals surface area contributed by atoms with Gasteiger partial charge in [0.2, 0.25) is 17.6 Å². The molecule has 3 aromatic rings. The van der Waals surface area contributed by atoms with E-state index in [1.54, 1.807) is 0 Å². The Labute approximate surface area is 164 Å². The summed E-state index contributed by atoms with van der Waals surface area (Å²) in [5, 5.41) is 7.14. The van der Waals surface area contributed by atoms with Crippen molar-refractivity contribution in [2.45, 2.75) is 26.3 Å². The van der Waals surface area contributed by atoms with Gasteiger partial charge in [0.1, 0.15) is 0 Å². The lowest BCUT2D eigenvalue weighted by atomic mass is 9.97. The van der Waals surface area contributed by atoms with Crippen LogP contribution in [0.1, 0.15) is 24.3 Å². The van der Waals surface area contributed by atoms with Crippen molar-refractivity contribution in [3.8, 4) is 11.4 Å². The molecule has 1 aromatic heterocycles. The molecule has 0 bridgehead atoms. The third-order valence-corrected chi connectivity index (χ3v) is 5.13. The average Bonchev–Trinajstić information content (AvgIpc) is 3.17. The van der Waals surface area contributed by atoms with Gasteiger partial charge in [-0.05, 0) is 44.0 Å². The molecule has 144 valence electrons. The van der Waals surface area contributed by atoms with Crippen LogP contribution in [0, 0.1) is 12.8 Å². The number of amides is 1. The summed E-state index contributed by atoms with van der Waals surface area (Å²) in [6.07, 6.45) is 1.87. The van der Waals surface area contributed by atoms with Crippen LogP contribution in [0.4, 0.5) is 5.69 Å². The Morgan fingerprint density at radius 2 is 1.96 bits per heavy atom. The van der Waals surface area contributed by atoms with Crippen LogP contribution in [0.15, 0.2) is 59.1 Å². The van der Waals surface area contributed by atoms with Crippen LogP contribution >= 0.6 is 0 Å². The van der Waals surface area contributed by atoms with Gasteiger partial charge in [-0.3, -0.25) is 9.69 Å². The number of rotatable bonds is 5. The molecule has 1 N–H and O–H groups in total. The number of aryl methyl sites for hydroxylation is 1. The number of aromatic nitrogens is 2. The highest BCUT2D eigenvalue weighted by molar-refractivity contribution is 5.92.